The summed E-state index contributed by atoms with van der Waals surface area (Å²) in [6, 6.07) is 11.2. The van der Waals surface area contributed by atoms with Gasteiger partial charge in [0.25, 0.3) is 0 Å². The minimum Gasteiger partial charge on any atom is -0.353 e. The Labute approximate surface area is 147 Å². The highest BCUT2D eigenvalue weighted by Gasteiger charge is 2.28. The summed E-state index contributed by atoms with van der Waals surface area (Å²) >= 11 is 0. The number of amides is 1. The van der Waals surface area contributed by atoms with Crippen molar-refractivity contribution in [3.8, 4) is 0 Å². The van der Waals surface area contributed by atoms with Gasteiger partial charge >= 0.3 is 0 Å². The van der Waals surface area contributed by atoms with E-state index in [1.807, 2.05) is 30.3 Å². The lowest BCUT2D eigenvalue weighted by Crippen LogP contribution is -2.39. The number of carbonyl (C=O) groups excluding carboxylic acids is 2. The molecule has 2 atom stereocenters. The molecule has 0 bridgehead atoms. The molecule has 0 unspecified atom stereocenters. The minimum absolute atomic E-state index is 0.0349. The molecule has 132 valence electrons. The average Bonchev–Trinajstić information content (AvgIpc) is 3.06. The molecule has 2 N–H and O–H groups in total. The van der Waals surface area contributed by atoms with Crippen LogP contribution in [0, 0.1) is 11.8 Å². The van der Waals surface area contributed by atoms with Gasteiger partial charge in [-0.1, -0.05) is 23.4 Å². The normalized spacial score (nSPS) is 20.2. The zero-order valence-electron chi connectivity index (χ0n) is 14.3. The molecule has 0 aliphatic carbocycles. The van der Waals surface area contributed by atoms with Crippen molar-refractivity contribution >= 4 is 17.4 Å². The van der Waals surface area contributed by atoms with Crippen LogP contribution in [-0.4, -0.2) is 29.9 Å². The standard InChI is InChI=1S/C19H23N3O3/c1-13(23)18-11-17(22-25-18)9-15-12-20-8-7-14(15)10-19(24)21-16-5-3-2-4-6-16/h2-6,11,14-15,20H,7-10,12H2,1H3,(H,21,24)/t14-,15+/m0/s1. The fourth-order valence-corrected chi connectivity index (χ4v) is 3.30. The van der Waals surface area contributed by atoms with Gasteiger partial charge in [-0.25, -0.2) is 0 Å². The van der Waals surface area contributed by atoms with Gasteiger partial charge in [0.05, 0.1) is 5.69 Å². The summed E-state index contributed by atoms with van der Waals surface area (Å²) in [5.74, 6) is 0.770. The number of nitrogens with one attached hydrogen (secondary N) is 2. The van der Waals surface area contributed by atoms with Crippen LogP contribution in [0.3, 0.4) is 0 Å². The molecular formula is C19H23N3O3. The molecule has 6 heteroatoms. The van der Waals surface area contributed by atoms with Gasteiger partial charge in [0, 0.05) is 25.1 Å². The van der Waals surface area contributed by atoms with Crippen molar-refractivity contribution in [2.45, 2.75) is 26.2 Å². The van der Waals surface area contributed by atoms with Gasteiger partial charge in [0.2, 0.25) is 11.7 Å². The number of rotatable bonds is 6. The third kappa shape index (κ3) is 4.76. The second kappa shape index (κ2) is 8.07. The molecule has 1 aromatic heterocycles. The molecule has 2 heterocycles. The fraction of sp³-hybridized carbons (Fsp3) is 0.421. The van der Waals surface area contributed by atoms with Crippen molar-refractivity contribution in [2.75, 3.05) is 18.4 Å². The molecule has 1 saturated heterocycles. The number of piperidine rings is 1. The Morgan fingerprint density at radius 3 is 2.80 bits per heavy atom. The van der Waals surface area contributed by atoms with Crippen LogP contribution in [0.2, 0.25) is 0 Å². The maximum atomic E-state index is 12.4. The Hall–Kier alpha value is -2.47. The Balaban J connectivity index is 1.60. The van der Waals surface area contributed by atoms with Crippen LogP contribution < -0.4 is 10.6 Å². The summed E-state index contributed by atoms with van der Waals surface area (Å²) in [6.45, 7) is 3.21. The summed E-state index contributed by atoms with van der Waals surface area (Å²) in [6.07, 6.45) is 2.13. The molecule has 0 radical (unpaired) electrons. The quantitative estimate of drug-likeness (QED) is 0.789. The van der Waals surface area contributed by atoms with Crippen LogP contribution in [0.1, 0.15) is 36.0 Å². The largest absolute Gasteiger partial charge is 0.353 e. The predicted molar refractivity (Wildman–Crippen MR) is 94.4 cm³/mol. The lowest BCUT2D eigenvalue weighted by Gasteiger charge is -2.31. The first-order valence-electron chi connectivity index (χ1n) is 8.64. The number of ketones is 1. The highest BCUT2D eigenvalue weighted by Crippen LogP contribution is 2.26. The van der Waals surface area contributed by atoms with Crippen LogP contribution in [0.5, 0.6) is 0 Å². The number of aromatic nitrogens is 1. The van der Waals surface area contributed by atoms with Crippen molar-refractivity contribution in [1.29, 1.82) is 0 Å². The Morgan fingerprint density at radius 2 is 2.08 bits per heavy atom. The number of para-hydroxylation sites is 1. The van der Waals surface area contributed by atoms with E-state index in [0.29, 0.717) is 18.8 Å². The van der Waals surface area contributed by atoms with Gasteiger partial charge in [-0.05, 0) is 49.9 Å². The van der Waals surface area contributed by atoms with Crippen molar-refractivity contribution in [2.24, 2.45) is 11.8 Å². The Bertz CT molecular complexity index is 727. The van der Waals surface area contributed by atoms with Crippen molar-refractivity contribution in [1.82, 2.24) is 10.5 Å². The summed E-state index contributed by atoms with van der Waals surface area (Å²) in [5.41, 5.74) is 1.59. The number of carbonyl (C=O) groups is 2. The van der Waals surface area contributed by atoms with Crippen LogP contribution in [-0.2, 0) is 11.2 Å². The first kappa shape index (κ1) is 17.4. The van der Waals surface area contributed by atoms with E-state index in [1.54, 1.807) is 6.07 Å². The predicted octanol–water partition coefficient (Wildman–Crippen LogP) is 2.67. The van der Waals surface area contributed by atoms with Gasteiger partial charge < -0.3 is 15.2 Å². The molecule has 0 spiro atoms. The number of nitrogens with zero attached hydrogens (tertiary/aromatic N) is 1. The lowest BCUT2D eigenvalue weighted by molar-refractivity contribution is -0.117. The average molecular weight is 341 g/mol. The topological polar surface area (TPSA) is 84.2 Å². The molecule has 25 heavy (non-hydrogen) atoms. The first-order valence-corrected chi connectivity index (χ1v) is 8.64. The van der Waals surface area contributed by atoms with E-state index < -0.39 is 0 Å². The van der Waals surface area contributed by atoms with Crippen LogP contribution in [0.25, 0.3) is 0 Å². The summed E-state index contributed by atoms with van der Waals surface area (Å²) in [7, 11) is 0. The zero-order valence-corrected chi connectivity index (χ0v) is 14.3. The number of anilines is 1. The van der Waals surface area contributed by atoms with E-state index in [-0.39, 0.29) is 23.4 Å². The van der Waals surface area contributed by atoms with Gasteiger partial charge in [-0.2, -0.15) is 0 Å². The van der Waals surface area contributed by atoms with Crippen molar-refractivity contribution in [3.63, 3.8) is 0 Å². The minimum atomic E-state index is -0.126. The molecule has 2 aromatic rings. The molecule has 0 saturated carbocycles. The van der Waals surface area contributed by atoms with Crippen LogP contribution >= 0.6 is 0 Å². The molecule has 1 amide bonds. The number of hydrogen-bond acceptors (Lipinski definition) is 5. The molecule has 1 aliphatic rings. The van der Waals surface area contributed by atoms with E-state index in [1.165, 1.54) is 6.92 Å². The second-order valence-corrected chi connectivity index (χ2v) is 6.57. The number of Topliss-reactive ketones (excluding diaryl/α,β-unsaturated/α-hetero) is 1. The lowest BCUT2D eigenvalue weighted by atomic mass is 9.81. The first-order chi connectivity index (χ1) is 12.1. The highest BCUT2D eigenvalue weighted by atomic mass is 16.5. The van der Waals surface area contributed by atoms with Gasteiger partial charge in [0.1, 0.15) is 0 Å². The number of benzene rings is 1. The summed E-state index contributed by atoms with van der Waals surface area (Å²) < 4.78 is 5.06. The monoisotopic (exact) mass is 341 g/mol. The Morgan fingerprint density at radius 1 is 1.28 bits per heavy atom. The van der Waals surface area contributed by atoms with Gasteiger partial charge in [-0.15, -0.1) is 0 Å². The van der Waals surface area contributed by atoms with Crippen molar-refractivity contribution in [3.05, 3.63) is 47.9 Å². The Kier molecular flexibility index (Phi) is 5.60. The van der Waals surface area contributed by atoms with E-state index in [9.17, 15) is 9.59 Å². The van der Waals surface area contributed by atoms with Crippen molar-refractivity contribution < 1.29 is 14.1 Å². The molecular weight excluding hydrogens is 318 g/mol. The molecule has 1 fully saturated rings. The zero-order chi connectivity index (χ0) is 17.6. The van der Waals surface area contributed by atoms with Gasteiger partial charge in [0.15, 0.2) is 5.78 Å². The molecule has 1 aromatic carbocycles. The van der Waals surface area contributed by atoms with E-state index in [2.05, 4.69) is 15.8 Å². The fourth-order valence-electron chi connectivity index (χ4n) is 3.30. The smallest absolute Gasteiger partial charge is 0.224 e. The SMILES string of the molecule is CC(=O)c1cc(C[C@@H]2CNCC[C@H]2CC(=O)Nc2ccccc2)no1. The van der Waals surface area contributed by atoms with Crippen LogP contribution in [0.15, 0.2) is 40.9 Å². The van der Waals surface area contributed by atoms with Gasteiger partial charge in [-0.3, -0.25) is 9.59 Å². The highest BCUT2D eigenvalue weighted by molar-refractivity contribution is 5.91. The van der Waals surface area contributed by atoms with E-state index in [0.717, 1.165) is 30.9 Å². The molecule has 1 aliphatic heterocycles. The second-order valence-electron chi connectivity index (χ2n) is 6.57. The maximum absolute atomic E-state index is 12.4. The number of hydrogen-bond donors (Lipinski definition) is 2. The van der Waals surface area contributed by atoms with E-state index >= 15 is 0 Å². The third-order valence-electron chi connectivity index (χ3n) is 4.65. The van der Waals surface area contributed by atoms with Crippen LogP contribution in [0.4, 0.5) is 5.69 Å². The summed E-state index contributed by atoms with van der Waals surface area (Å²) in [5, 5.41) is 10.3. The molecule has 3 rings (SSSR count). The molecule has 6 nitrogen and oxygen atoms in total. The summed E-state index contributed by atoms with van der Waals surface area (Å²) in [4.78, 5) is 23.7. The third-order valence-corrected chi connectivity index (χ3v) is 4.65. The maximum Gasteiger partial charge on any atom is 0.224 e. The van der Waals surface area contributed by atoms with E-state index in [4.69, 9.17) is 4.52 Å².